The molecule has 0 saturated heterocycles. The van der Waals surface area contributed by atoms with Crippen molar-refractivity contribution in [2.45, 2.75) is 8.68 Å². The van der Waals surface area contributed by atoms with Gasteiger partial charge in [-0.15, -0.1) is 22.7 Å². The van der Waals surface area contributed by atoms with Crippen LogP contribution in [-0.4, -0.2) is 19.8 Å². The first kappa shape index (κ1) is 17.1. The van der Waals surface area contributed by atoms with Gasteiger partial charge in [0.25, 0.3) is 11.4 Å². The molecule has 0 spiro atoms. The summed E-state index contributed by atoms with van der Waals surface area (Å²) in [6.07, 6.45) is 0. The number of aromatic nitrogens is 2. The first-order chi connectivity index (χ1) is 12.5. The Bertz CT molecular complexity index is 1080. The van der Waals surface area contributed by atoms with E-state index in [1.165, 1.54) is 68.5 Å². The third-order valence-electron chi connectivity index (χ3n) is 3.31. The predicted octanol–water partition coefficient (Wildman–Crippen LogP) is 5.52. The van der Waals surface area contributed by atoms with Gasteiger partial charge in [0, 0.05) is 24.3 Å². The Hall–Kier alpha value is -2.28. The zero-order valence-electron chi connectivity index (χ0n) is 12.5. The maximum absolute atomic E-state index is 10.8. The molecule has 2 aromatic carbocycles. The van der Waals surface area contributed by atoms with Gasteiger partial charge in [0.05, 0.1) is 30.3 Å². The van der Waals surface area contributed by atoms with Gasteiger partial charge in [-0.25, -0.2) is 9.97 Å². The maximum atomic E-state index is 10.8. The monoisotopic (exact) mass is 422 g/mol. The highest BCUT2D eigenvalue weighted by Gasteiger charge is 2.14. The number of rotatable bonds is 5. The number of nitro groups is 2. The quantitative estimate of drug-likeness (QED) is 0.235. The molecule has 0 aliphatic carbocycles. The molecule has 4 rings (SSSR count). The van der Waals surface area contributed by atoms with E-state index in [4.69, 9.17) is 0 Å². The highest BCUT2D eigenvalue weighted by Crippen LogP contribution is 2.43. The van der Waals surface area contributed by atoms with Gasteiger partial charge in [-0.2, -0.15) is 0 Å². The van der Waals surface area contributed by atoms with Crippen LogP contribution in [0.15, 0.2) is 45.1 Å². The van der Waals surface area contributed by atoms with E-state index in [2.05, 4.69) is 9.97 Å². The zero-order chi connectivity index (χ0) is 18.3. The molecule has 130 valence electrons. The van der Waals surface area contributed by atoms with Crippen molar-refractivity contribution in [3.8, 4) is 0 Å². The van der Waals surface area contributed by atoms with Crippen LogP contribution in [0.25, 0.3) is 20.4 Å². The second kappa shape index (κ2) is 6.79. The van der Waals surface area contributed by atoms with E-state index >= 15 is 0 Å². The van der Waals surface area contributed by atoms with E-state index in [-0.39, 0.29) is 11.4 Å². The fourth-order valence-corrected chi connectivity index (χ4v) is 6.61. The predicted molar refractivity (Wildman–Crippen MR) is 104 cm³/mol. The fraction of sp³-hybridized carbons (Fsp3) is 0. The minimum Gasteiger partial charge on any atom is -0.258 e. The number of fused-ring (bicyclic) bond motifs is 2. The number of nitrogens with zero attached hydrogens (tertiary/aromatic N) is 4. The Kier molecular flexibility index (Phi) is 4.48. The largest absolute Gasteiger partial charge is 0.271 e. The summed E-state index contributed by atoms with van der Waals surface area (Å²) in [7, 11) is 2.82. The van der Waals surface area contributed by atoms with Crippen molar-refractivity contribution in [1.29, 1.82) is 0 Å². The molecule has 0 fully saturated rings. The smallest absolute Gasteiger partial charge is 0.258 e. The molecule has 12 heteroatoms. The minimum atomic E-state index is -0.444. The van der Waals surface area contributed by atoms with Gasteiger partial charge in [0.2, 0.25) is 0 Å². The van der Waals surface area contributed by atoms with Gasteiger partial charge < -0.3 is 0 Å². The van der Waals surface area contributed by atoms with E-state index in [1.807, 2.05) is 0 Å². The molecule has 2 heterocycles. The van der Waals surface area contributed by atoms with Crippen molar-refractivity contribution in [2.24, 2.45) is 0 Å². The summed E-state index contributed by atoms with van der Waals surface area (Å²) in [6, 6.07) is 9.22. The van der Waals surface area contributed by atoms with E-state index in [0.29, 0.717) is 11.0 Å². The molecule has 0 bridgehead atoms. The lowest BCUT2D eigenvalue weighted by Crippen LogP contribution is -1.86. The molecule has 26 heavy (non-hydrogen) atoms. The first-order valence-electron chi connectivity index (χ1n) is 6.94. The molecular formula is C14H6N4O4S4. The second-order valence-electron chi connectivity index (χ2n) is 4.94. The lowest BCUT2D eigenvalue weighted by Gasteiger charge is -1.90. The zero-order valence-corrected chi connectivity index (χ0v) is 15.8. The highest BCUT2D eigenvalue weighted by molar-refractivity contribution is 8.77. The van der Waals surface area contributed by atoms with Crippen LogP contribution in [-0.2, 0) is 0 Å². The molecule has 0 atom stereocenters. The Labute approximate surface area is 161 Å². The van der Waals surface area contributed by atoms with Crippen molar-refractivity contribution in [3.63, 3.8) is 0 Å². The molecule has 0 radical (unpaired) electrons. The van der Waals surface area contributed by atoms with Crippen LogP contribution in [0.3, 0.4) is 0 Å². The van der Waals surface area contributed by atoms with E-state index in [1.54, 1.807) is 12.1 Å². The lowest BCUT2D eigenvalue weighted by molar-refractivity contribution is -0.384. The van der Waals surface area contributed by atoms with E-state index in [9.17, 15) is 20.2 Å². The average molecular weight is 422 g/mol. The Morgan fingerprint density at radius 2 is 1.19 bits per heavy atom. The van der Waals surface area contributed by atoms with Crippen molar-refractivity contribution in [3.05, 3.63) is 56.6 Å². The molecule has 0 aliphatic rings. The van der Waals surface area contributed by atoms with Crippen LogP contribution in [0, 0.1) is 20.2 Å². The summed E-state index contributed by atoms with van der Waals surface area (Å²) in [5, 5.41) is 21.7. The van der Waals surface area contributed by atoms with Crippen molar-refractivity contribution >= 4 is 76.1 Å². The van der Waals surface area contributed by atoms with Gasteiger partial charge in [-0.3, -0.25) is 20.2 Å². The van der Waals surface area contributed by atoms with Crippen LogP contribution >= 0.6 is 44.3 Å². The average Bonchev–Trinajstić information content (AvgIpc) is 3.21. The van der Waals surface area contributed by atoms with Gasteiger partial charge in [-0.05, 0) is 33.7 Å². The summed E-state index contributed by atoms with van der Waals surface area (Å²) >= 11 is 2.89. The summed E-state index contributed by atoms with van der Waals surface area (Å²) in [5.74, 6) is 0. The number of nitro benzene ring substituents is 2. The second-order valence-corrected chi connectivity index (χ2v) is 9.63. The molecule has 0 saturated carbocycles. The fourth-order valence-electron chi connectivity index (χ4n) is 2.16. The molecule has 0 N–H and O–H groups in total. The lowest BCUT2D eigenvalue weighted by atomic mass is 10.3. The third kappa shape index (κ3) is 3.35. The normalized spacial score (nSPS) is 11.2. The Morgan fingerprint density at radius 1 is 0.769 bits per heavy atom. The minimum absolute atomic E-state index is 0.0137. The van der Waals surface area contributed by atoms with Crippen molar-refractivity contribution < 1.29 is 9.85 Å². The highest BCUT2D eigenvalue weighted by atomic mass is 33.1. The van der Waals surface area contributed by atoms with Crippen LogP contribution in [0.4, 0.5) is 11.4 Å². The molecular weight excluding hydrogens is 416 g/mol. The number of hydrogen-bond donors (Lipinski definition) is 0. The number of thiazole rings is 2. The van der Waals surface area contributed by atoms with Gasteiger partial charge in [-0.1, -0.05) is 0 Å². The summed E-state index contributed by atoms with van der Waals surface area (Å²) in [6.45, 7) is 0. The van der Waals surface area contributed by atoms with Crippen LogP contribution in [0.2, 0.25) is 0 Å². The van der Waals surface area contributed by atoms with Gasteiger partial charge in [0.15, 0.2) is 8.68 Å². The van der Waals surface area contributed by atoms with Crippen molar-refractivity contribution in [2.75, 3.05) is 0 Å². The maximum Gasteiger partial charge on any atom is 0.271 e. The summed E-state index contributed by atoms with van der Waals surface area (Å²) < 4.78 is 3.27. The van der Waals surface area contributed by atoms with Crippen LogP contribution < -0.4 is 0 Å². The molecule has 8 nitrogen and oxygen atoms in total. The molecule has 0 amide bonds. The van der Waals surface area contributed by atoms with Gasteiger partial charge >= 0.3 is 0 Å². The van der Waals surface area contributed by atoms with Gasteiger partial charge in [0.1, 0.15) is 0 Å². The standard InChI is InChI=1S/C14H6N4O4S4/c19-17(20)7-1-3-11-9(5-7)15-13(23-11)25-26-14-16-10-6-8(18(21)22)2-4-12(10)24-14/h1-6H. The molecule has 0 unspecified atom stereocenters. The third-order valence-corrected chi connectivity index (χ3v) is 8.35. The number of non-ortho nitro benzene ring substituents is 2. The Balaban J connectivity index is 1.54. The SMILES string of the molecule is O=[N+]([O-])c1ccc2sc(SSc3nc4cc([N+](=O)[O-])ccc4s3)nc2c1. The molecule has 0 aliphatic heterocycles. The Morgan fingerprint density at radius 3 is 1.58 bits per heavy atom. The summed E-state index contributed by atoms with van der Waals surface area (Å²) in [5.41, 5.74) is 1.21. The van der Waals surface area contributed by atoms with E-state index < -0.39 is 9.85 Å². The number of hydrogen-bond acceptors (Lipinski definition) is 10. The van der Waals surface area contributed by atoms with Crippen molar-refractivity contribution in [1.82, 2.24) is 9.97 Å². The molecule has 2 aromatic heterocycles. The topological polar surface area (TPSA) is 112 Å². The van der Waals surface area contributed by atoms with E-state index in [0.717, 1.165) is 18.1 Å². The summed E-state index contributed by atoms with van der Waals surface area (Å²) in [4.78, 5) is 29.6. The first-order valence-corrected chi connectivity index (χ1v) is 10.7. The number of benzene rings is 2. The van der Waals surface area contributed by atoms with Crippen LogP contribution in [0.1, 0.15) is 0 Å². The molecule has 4 aromatic rings. The van der Waals surface area contributed by atoms with Crippen LogP contribution in [0.5, 0.6) is 0 Å².